The topological polar surface area (TPSA) is 108 Å². The average Bonchev–Trinajstić information content (AvgIpc) is 3.16. The SMILES string of the molecule is Cc1cc(OCCCS(C)(=O)=O)cc2c1-c1cc(COc3ccc4c(c3)OC[C@H]4CC(=O)O)ccc1COC2. The Hall–Kier alpha value is -3.56. The average molecular weight is 553 g/mol. The number of carboxylic acids is 1. The quantitative estimate of drug-likeness (QED) is 0.349. The number of carbonyl (C=O) groups is 1. The van der Waals surface area contributed by atoms with Crippen LogP contribution in [-0.2, 0) is 39.2 Å². The van der Waals surface area contributed by atoms with Gasteiger partial charge in [-0.25, -0.2) is 8.42 Å². The first kappa shape index (κ1) is 27.0. The van der Waals surface area contributed by atoms with Gasteiger partial charge in [-0.15, -0.1) is 0 Å². The van der Waals surface area contributed by atoms with Crippen LogP contribution < -0.4 is 14.2 Å². The summed E-state index contributed by atoms with van der Waals surface area (Å²) in [6.45, 7) is 4.05. The lowest BCUT2D eigenvalue weighted by Crippen LogP contribution is -2.08. The number of fused-ring (bicyclic) bond motifs is 4. The number of rotatable bonds is 10. The predicted molar refractivity (Wildman–Crippen MR) is 146 cm³/mol. The van der Waals surface area contributed by atoms with Crippen molar-refractivity contribution in [2.45, 2.75) is 45.5 Å². The Morgan fingerprint density at radius 2 is 1.85 bits per heavy atom. The summed E-state index contributed by atoms with van der Waals surface area (Å²) >= 11 is 0. The predicted octanol–water partition coefficient (Wildman–Crippen LogP) is 5.04. The zero-order valence-electron chi connectivity index (χ0n) is 22.1. The van der Waals surface area contributed by atoms with Crippen molar-refractivity contribution in [1.82, 2.24) is 0 Å². The number of aliphatic carboxylic acids is 1. The van der Waals surface area contributed by atoms with Crippen LogP contribution in [-0.4, -0.2) is 44.7 Å². The molecule has 5 rings (SSSR count). The van der Waals surface area contributed by atoms with Gasteiger partial charge in [-0.3, -0.25) is 4.79 Å². The fraction of sp³-hybridized carbons (Fsp3) is 0.367. The lowest BCUT2D eigenvalue weighted by molar-refractivity contribution is -0.137. The molecule has 0 aliphatic carbocycles. The number of sulfone groups is 1. The van der Waals surface area contributed by atoms with Crippen molar-refractivity contribution >= 4 is 15.8 Å². The van der Waals surface area contributed by atoms with Crippen LogP contribution >= 0.6 is 0 Å². The van der Waals surface area contributed by atoms with Crippen molar-refractivity contribution in [3.05, 3.63) is 76.3 Å². The monoisotopic (exact) mass is 552 g/mol. The molecule has 2 heterocycles. The normalized spacial score (nSPS) is 15.9. The van der Waals surface area contributed by atoms with E-state index in [1.165, 1.54) is 6.26 Å². The molecule has 0 saturated carbocycles. The molecule has 0 amide bonds. The number of carboxylic acid groups (broad SMARTS) is 1. The van der Waals surface area contributed by atoms with Gasteiger partial charge in [0.1, 0.15) is 33.7 Å². The molecule has 1 atom stereocenters. The smallest absolute Gasteiger partial charge is 0.304 e. The van der Waals surface area contributed by atoms with Crippen molar-refractivity contribution in [3.63, 3.8) is 0 Å². The number of ether oxygens (including phenoxy) is 4. The maximum Gasteiger partial charge on any atom is 0.304 e. The van der Waals surface area contributed by atoms with Crippen LogP contribution in [0.3, 0.4) is 0 Å². The van der Waals surface area contributed by atoms with Gasteiger partial charge in [0, 0.05) is 23.8 Å². The standard InChI is InChI=1S/C30H32O8S/c1-19-10-25(36-8-3-9-39(2,33)34)12-23-17-35-16-21-5-4-20(11-27(21)30(19)23)15-37-24-6-7-26-22(13-29(31)32)18-38-28(26)14-24/h4-7,10-12,14,22H,3,8-9,13,15-18H2,1-2H3,(H,31,32)/t22-/m1/s1. The molecule has 8 nitrogen and oxygen atoms in total. The van der Waals surface area contributed by atoms with Crippen molar-refractivity contribution in [2.75, 3.05) is 25.2 Å². The summed E-state index contributed by atoms with van der Waals surface area (Å²) < 4.78 is 46.4. The second-order valence-corrected chi connectivity index (χ2v) is 12.4. The van der Waals surface area contributed by atoms with Crippen LogP contribution in [0.25, 0.3) is 11.1 Å². The minimum atomic E-state index is -3.01. The zero-order chi connectivity index (χ0) is 27.6. The van der Waals surface area contributed by atoms with E-state index in [0.717, 1.165) is 38.9 Å². The summed E-state index contributed by atoms with van der Waals surface area (Å²) in [7, 11) is -3.01. The van der Waals surface area contributed by atoms with Gasteiger partial charge in [0.2, 0.25) is 0 Å². The molecule has 0 fully saturated rings. The van der Waals surface area contributed by atoms with Crippen LogP contribution in [0.15, 0.2) is 48.5 Å². The lowest BCUT2D eigenvalue weighted by atomic mass is 9.91. The first-order valence-electron chi connectivity index (χ1n) is 12.9. The van der Waals surface area contributed by atoms with E-state index < -0.39 is 15.8 Å². The highest BCUT2D eigenvalue weighted by molar-refractivity contribution is 7.90. The number of hydrogen-bond acceptors (Lipinski definition) is 7. The summed E-state index contributed by atoms with van der Waals surface area (Å²) in [5.74, 6) is 1.17. The van der Waals surface area contributed by atoms with Gasteiger partial charge in [0.15, 0.2) is 0 Å². The summed E-state index contributed by atoms with van der Waals surface area (Å²) in [4.78, 5) is 11.1. The lowest BCUT2D eigenvalue weighted by Gasteiger charge is -2.16. The van der Waals surface area contributed by atoms with Crippen LogP contribution in [0.5, 0.6) is 17.2 Å². The minimum absolute atomic E-state index is 0.0454. The van der Waals surface area contributed by atoms with E-state index in [-0.39, 0.29) is 18.1 Å². The summed E-state index contributed by atoms with van der Waals surface area (Å²) in [5, 5.41) is 9.11. The maximum absolute atomic E-state index is 11.4. The third kappa shape index (κ3) is 6.54. The first-order valence-corrected chi connectivity index (χ1v) is 15.0. The minimum Gasteiger partial charge on any atom is -0.494 e. The van der Waals surface area contributed by atoms with Gasteiger partial charge in [-0.1, -0.05) is 18.2 Å². The molecule has 0 saturated heterocycles. The number of aryl methyl sites for hydroxylation is 1. The van der Waals surface area contributed by atoms with Gasteiger partial charge in [0.25, 0.3) is 0 Å². The zero-order valence-corrected chi connectivity index (χ0v) is 22.9. The van der Waals surface area contributed by atoms with E-state index in [1.54, 1.807) is 0 Å². The van der Waals surface area contributed by atoms with Crippen molar-refractivity contribution in [3.8, 4) is 28.4 Å². The molecular weight excluding hydrogens is 520 g/mol. The highest BCUT2D eigenvalue weighted by atomic mass is 32.2. The Kier molecular flexibility index (Phi) is 7.81. The molecule has 1 N–H and O–H groups in total. The van der Waals surface area contributed by atoms with Crippen LogP contribution in [0, 0.1) is 6.92 Å². The highest BCUT2D eigenvalue weighted by Gasteiger charge is 2.27. The van der Waals surface area contributed by atoms with Gasteiger partial charge < -0.3 is 24.1 Å². The molecule has 9 heteroatoms. The molecule has 206 valence electrons. The van der Waals surface area contributed by atoms with Crippen molar-refractivity contribution in [2.24, 2.45) is 0 Å². The van der Waals surface area contributed by atoms with Gasteiger partial charge in [-0.05, 0) is 71.0 Å². The van der Waals surface area contributed by atoms with Gasteiger partial charge in [0.05, 0.1) is 38.6 Å². The van der Waals surface area contributed by atoms with E-state index in [1.807, 2.05) is 43.3 Å². The molecule has 0 aromatic heterocycles. The summed E-state index contributed by atoms with van der Waals surface area (Å²) in [6.07, 6.45) is 1.72. The van der Waals surface area contributed by atoms with E-state index in [9.17, 15) is 13.2 Å². The van der Waals surface area contributed by atoms with Crippen LogP contribution in [0.4, 0.5) is 0 Å². The molecule has 3 aromatic carbocycles. The third-order valence-corrected chi connectivity index (χ3v) is 8.00. The summed E-state index contributed by atoms with van der Waals surface area (Å²) in [5.41, 5.74) is 7.30. The fourth-order valence-corrected chi connectivity index (χ4v) is 5.80. The highest BCUT2D eigenvalue weighted by Crippen LogP contribution is 2.39. The van der Waals surface area contributed by atoms with E-state index in [4.69, 9.17) is 24.1 Å². The summed E-state index contributed by atoms with van der Waals surface area (Å²) in [6, 6.07) is 15.8. The molecular formula is C30H32O8S. The Morgan fingerprint density at radius 3 is 2.64 bits per heavy atom. The number of benzene rings is 3. The van der Waals surface area contributed by atoms with Crippen molar-refractivity contribution in [1.29, 1.82) is 0 Å². The molecule has 0 radical (unpaired) electrons. The molecule has 0 spiro atoms. The molecule has 2 aliphatic heterocycles. The molecule has 0 unspecified atom stereocenters. The van der Waals surface area contributed by atoms with Gasteiger partial charge >= 0.3 is 5.97 Å². The van der Waals surface area contributed by atoms with E-state index >= 15 is 0 Å². The third-order valence-electron chi connectivity index (χ3n) is 6.97. The number of hydrogen-bond donors (Lipinski definition) is 1. The largest absolute Gasteiger partial charge is 0.494 e. The maximum atomic E-state index is 11.4. The van der Waals surface area contributed by atoms with Crippen LogP contribution in [0.1, 0.15) is 46.6 Å². The Bertz CT molecular complexity index is 1500. The van der Waals surface area contributed by atoms with Crippen molar-refractivity contribution < 1.29 is 37.3 Å². The Balaban J connectivity index is 1.31. The van der Waals surface area contributed by atoms with E-state index in [0.29, 0.717) is 56.7 Å². The molecule has 0 bridgehead atoms. The van der Waals surface area contributed by atoms with Crippen LogP contribution in [0.2, 0.25) is 0 Å². The second kappa shape index (κ2) is 11.3. The molecule has 39 heavy (non-hydrogen) atoms. The fourth-order valence-electron chi connectivity index (χ4n) is 5.15. The van der Waals surface area contributed by atoms with E-state index in [2.05, 4.69) is 12.1 Å². The van der Waals surface area contributed by atoms with Gasteiger partial charge in [-0.2, -0.15) is 0 Å². The second-order valence-electron chi connectivity index (χ2n) is 10.2. The molecule has 2 aliphatic rings. The Labute approximate surface area is 228 Å². The molecule has 3 aromatic rings. The Morgan fingerprint density at radius 1 is 1.03 bits per heavy atom. The first-order chi connectivity index (χ1) is 18.7.